The van der Waals surface area contributed by atoms with Gasteiger partial charge >= 0.3 is 0 Å². The second-order valence-corrected chi connectivity index (χ2v) is 5.88. The van der Waals surface area contributed by atoms with Gasteiger partial charge in [0.25, 0.3) is 0 Å². The van der Waals surface area contributed by atoms with Crippen LogP contribution in [-0.2, 0) is 11.2 Å². The zero-order valence-electron chi connectivity index (χ0n) is 12.3. The summed E-state index contributed by atoms with van der Waals surface area (Å²) in [5, 5.41) is 4.54. The Morgan fingerprint density at radius 2 is 2.05 bits per heavy atom. The highest BCUT2D eigenvalue weighted by Gasteiger charge is 2.21. The van der Waals surface area contributed by atoms with Crippen molar-refractivity contribution in [1.29, 1.82) is 0 Å². The molecule has 0 bridgehead atoms. The van der Waals surface area contributed by atoms with Crippen LogP contribution < -0.4 is 0 Å². The molecule has 1 saturated carbocycles. The average Bonchev–Trinajstić information content (AvgIpc) is 2.71. The molecule has 1 aromatic rings. The number of Topliss-reactive ketones (excluding diaryl/α,β-unsaturated/α-hetero) is 1. The van der Waals surface area contributed by atoms with Crippen LogP contribution in [0.4, 0.5) is 0 Å². The summed E-state index contributed by atoms with van der Waals surface area (Å²) in [5.74, 6) is 0.688. The van der Waals surface area contributed by atoms with Crippen molar-refractivity contribution in [3.8, 4) is 0 Å². The molecule has 3 heteroatoms. The van der Waals surface area contributed by atoms with Gasteiger partial charge in [-0.3, -0.25) is 9.48 Å². The van der Waals surface area contributed by atoms with E-state index in [1.807, 2.05) is 16.9 Å². The van der Waals surface area contributed by atoms with Crippen molar-refractivity contribution in [3.63, 3.8) is 0 Å². The van der Waals surface area contributed by atoms with Crippen LogP contribution in [0.25, 0.3) is 0 Å². The molecule has 0 spiro atoms. The minimum atomic E-state index is 0.288. The third-order valence-corrected chi connectivity index (χ3v) is 4.37. The Kier molecular flexibility index (Phi) is 5.17. The van der Waals surface area contributed by atoms with Gasteiger partial charge in [0.1, 0.15) is 5.78 Å². The molecule has 19 heavy (non-hydrogen) atoms. The third-order valence-electron chi connectivity index (χ3n) is 4.37. The Labute approximate surface area is 116 Å². The minimum Gasteiger partial charge on any atom is -0.299 e. The van der Waals surface area contributed by atoms with Crippen molar-refractivity contribution in [1.82, 2.24) is 9.78 Å². The van der Waals surface area contributed by atoms with Crippen molar-refractivity contribution in [3.05, 3.63) is 18.0 Å². The predicted octanol–water partition coefficient (Wildman–Crippen LogP) is 3.94. The molecule has 2 rings (SSSR count). The number of carbonyl (C=O) groups is 1. The number of ketones is 1. The molecule has 0 aliphatic heterocycles. The summed E-state index contributed by atoms with van der Waals surface area (Å²) < 4.78 is 1.98. The molecule has 1 atom stereocenters. The highest BCUT2D eigenvalue weighted by Crippen LogP contribution is 2.24. The van der Waals surface area contributed by atoms with Crippen molar-refractivity contribution in [2.45, 2.75) is 71.3 Å². The Balaban J connectivity index is 1.92. The lowest BCUT2D eigenvalue weighted by Gasteiger charge is -2.12. The highest BCUT2D eigenvalue weighted by molar-refractivity contribution is 5.82. The fraction of sp³-hybridized carbons (Fsp3) is 0.750. The molecule has 1 fully saturated rings. The fourth-order valence-corrected chi connectivity index (χ4v) is 2.83. The van der Waals surface area contributed by atoms with Crippen LogP contribution in [0, 0.1) is 5.92 Å². The maximum Gasteiger partial charge on any atom is 0.141 e. The number of nitrogens with zero attached hydrogens (tertiary/aromatic N) is 2. The number of aromatic nitrogens is 2. The van der Waals surface area contributed by atoms with Crippen LogP contribution in [0.5, 0.6) is 0 Å². The lowest BCUT2D eigenvalue weighted by Crippen LogP contribution is -2.17. The van der Waals surface area contributed by atoms with Gasteiger partial charge in [0.2, 0.25) is 0 Å². The van der Waals surface area contributed by atoms with E-state index < -0.39 is 0 Å². The number of hydrogen-bond acceptors (Lipinski definition) is 2. The lowest BCUT2D eigenvalue weighted by molar-refractivity contribution is -0.122. The van der Waals surface area contributed by atoms with Gasteiger partial charge in [0, 0.05) is 18.2 Å². The molecule has 1 aliphatic carbocycles. The molecular weight excluding hydrogens is 236 g/mol. The smallest absolute Gasteiger partial charge is 0.141 e. The summed E-state index contributed by atoms with van der Waals surface area (Å²) in [6.07, 6.45) is 10.8. The third kappa shape index (κ3) is 3.92. The normalized spacial score (nSPS) is 19.1. The van der Waals surface area contributed by atoms with Gasteiger partial charge in [-0.15, -0.1) is 0 Å². The average molecular weight is 262 g/mol. The fourth-order valence-electron chi connectivity index (χ4n) is 2.83. The summed E-state index contributed by atoms with van der Waals surface area (Å²) in [6, 6.07) is 2.42. The van der Waals surface area contributed by atoms with Gasteiger partial charge in [-0.1, -0.05) is 32.6 Å². The molecule has 0 amide bonds. The van der Waals surface area contributed by atoms with Gasteiger partial charge in [-0.05, 0) is 32.3 Å². The molecule has 0 N–H and O–H groups in total. The molecule has 0 radical (unpaired) electrons. The van der Waals surface area contributed by atoms with E-state index in [0.717, 1.165) is 25.0 Å². The highest BCUT2D eigenvalue weighted by atomic mass is 16.1. The monoisotopic (exact) mass is 262 g/mol. The first-order chi connectivity index (χ1) is 9.20. The quantitative estimate of drug-likeness (QED) is 0.753. The summed E-state index contributed by atoms with van der Waals surface area (Å²) in [4.78, 5) is 12.3. The van der Waals surface area contributed by atoms with Gasteiger partial charge in [-0.25, -0.2) is 0 Å². The van der Waals surface area contributed by atoms with Crippen LogP contribution in [0.1, 0.15) is 70.5 Å². The van der Waals surface area contributed by atoms with Gasteiger partial charge in [-0.2, -0.15) is 5.10 Å². The molecular formula is C16H26N2O. The standard InChI is InChI=1S/C16H26N2O/c1-3-13(2)18-11-10-15(17-18)12-16(19)14-8-6-4-5-7-9-14/h10-11,13-14H,3-9,12H2,1-2H3. The van der Waals surface area contributed by atoms with E-state index in [1.54, 1.807) is 0 Å². The van der Waals surface area contributed by atoms with Crippen molar-refractivity contribution < 1.29 is 4.79 Å². The number of carbonyl (C=O) groups excluding carboxylic acids is 1. The maximum atomic E-state index is 12.3. The summed E-state index contributed by atoms with van der Waals surface area (Å²) in [7, 11) is 0. The molecule has 1 aromatic heterocycles. The van der Waals surface area contributed by atoms with Crippen LogP contribution in [0.2, 0.25) is 0 Å². The molecule has 106 valence electrons. The Bertz CT molecular complexity index is 403. The summed E-state index contributed by atoms with van der Waals surface area (Å²) in [6.45, 7) is 4.31. The van der Waals surface area contributed by atoms with E-state index >= 15 is 0 Å². The van der Waals surface area contributed by atoms with Gasteiger partial charge in [0.05, 0.1) is 12.1 Å². The van der Waals surface area contributed by atoms with Crippen molar-refractivity contribution in [2.24, 2.45) is 5.92 Å². The van der Waals surface area contributed by atoms with Gasteiger partial charge in [0.15, 0.2) is 0 Å². The number of hydrogen-bond donors (Lipinski definition) is 0. The second-order valence-electron chi connectivity index (χ2n) is 5.88. The zero-order chi connectivity index (χ0) is 13.7. The van der Waals surface area contributed by atoms with Gasteiger partial charge < -0.3 is 0 Å². The zero-order valence-corrected chi connectivity index (χ0v) is 12.3. The topological polar surface area (TPSA) is 34.9 Å². The Morgan fingerprint density at radius 1 is 1.37 bits per heavy atom. The van der Waals surface area contributed by atoms with Crippen LogP contribution >= 0.6 is 0 Å². The maximum absolute atomic E-state index is 12.3. The Morgan fingerprint density at radius 3 is 2.68 bits per heavy atom. The lowest BCUT2D eigenvalue weighted by atomic mass is 9.93. The van der Waals surface area contributed by atoms with E-state index in [4.69, 9.17) is 0 Å². The van der Waals surface area contributed by atoms with Crippen LogP contribution in [0.15, 0.2) is 12.3 Å². The molecule has 1 heterocycles. The van der Waals surface area contributed by atoms with E-state index in [0.29, 0.717) is 18.2 Å². The second kappa shape index (κ2) is 6.88. The molecule has 0 saturated heterocycles. The summed E-state index contributed by atoms with van der Waals surface area (Å²) in [5.41, 5.74) is 0.939. The summed E-state index contributed by atoms with van der Waals surface area (Å²) >= 11 is 0. The molecule has 1 unspecified atom stereocenters. The molecule has 3 nitrogen and oxygen atoms in total. The molecule has 1 aliphatic rings. The SMILES string of the molecule is CCC(C)n1ccc(CC(=O)C2CCCCCC2)n1. The first-order valence-electron chi connectivity index (χ1n) is 7.77. The largest absolute Gasteiger partial charge is 0.299 e. The van der Waals surface area contributed by atoms with E-state index in [2.05, 4.69) is 18.9 Å². The molecule has 0 aromatic carbocycles. The predicted molar refractivity (Wildman–Crippen MR) is 77.1 cm³/mol. The van der Waals surface area contributed by atoms with E-state index in [-0.39, 0.29) is 5.92 Å². The van der Waals surface area contributed by atoms with Crippen LogP contribution in [0.3, 0.4) is 0 Å². The van der Waals surface area contributed by atoms with Crippen molar-refractivity contribution >= 4 is 5.78 Å². The van der Waals surface area contributed by atoms with Crippen molar-refractivity contribution in [2.75, 3.05) is 0 Å². The first kappa shape index (κ1) is 14.3. The van der Waals surface area contributed by atoms with E-state index in [9.17, 15) is 4.79 Å². The first-order valence-corrected chi connectivity index (χ1v) is 7.77. The van der Waals surface area contributed by atoms with Crippen LogP contribution in [-0.4, -0.2) is 15.6 Å². The minimum absolute atomic E-state index is 0.288. The Hall–Kier alpha value is -1.12. The van der Waals surface area contributed by atoms with E-state index in [1.165, 1.54) is 25.7 Å². The number of rotatable bonds is 5.